The van der Waals surface area contributed by atoms with Gasteiger partial charge in [-0.3, -0.25) is 14.2 Å². The molecule has 0 radical (unpaired) electrons. The average Bonchev–Trinajstić information content (AvgIpc) is 3.59. The fourth-order valence-corrected chi connectivity index (χ4v) is 4.79. The molecule has 0 bridgehead atoms. The highest BCUT2D eigenvalue weighted by molar-refractivity contribution is 6.42. The van der Waals surface area contributed by atoms with Crippen molar-refractivity contribution in [3.05, 3.63) is 125 Å². The molecule has 0 amide bonds. The van der Waals surface area contributed by atoms with Crippen molar-refractivity contribution in [2.24, 2.45) is 0 Å². The summed E-state index contributed by atoms with van der Waals surface area (Å²) in [6.07, 6.45) is 1.52. The van der Waals surface area contributed by atoms with E-state index in [2.05, 4.69) is 14.8 Å². The first-order chi connectivity index (χ1) is 18.6. The molecule has 0 spiro atoms. The number of carbonyl (C=O) groups is 2. The number of allylic oxidation sites excluding steroid dienone is 1. The molecule has 0 saturated heterocycles. The van der Waals surface area contributed by atoms with E-state index in [1.54, 1.807) is 41.0 Å². The predicted octanol–water partition coefficient (Wildman–Crippen LogP) is 6.85. The summed E-state index contributed by atoms with van der Waals surface area (Å²) in [4.78, 5) is 39.4. The van der Waals surface area contributed by atoms with Crippen molar-refractivity contribution in [1.29, 1.82) is 0 Å². The molecule has 1 aliphatic carbocycles. The lowest BCUT2D eigenvalue weighted by molar-refractivity contribution is 0.0990. The normalized spacial score (nSPS) is 12.8. The van der Waals surface area contributed by atoms with Crippen molar-refractivity contribution in [3.8, 4) is 17.1 Å². The van der Waals surface area contributed by atoms with Crippen molar-refractivity contribution < 1.29 is 14.0 Å². The van der Waals surface area contributed by atoms with Gasteiger partial charge in [0, 0.05) is 22.4 Å². The summed E-state index contributed by atoms with van der Waals surface area (Å²) >= 11 is 0. The van der Waals surface area contributed by atoms with E-state index < -0.39 is 0 Å². The van der Waals surface area contributed by atoms with Crippen molar-refractivity contribution in [2.45, 2.75) is 0 Å². The highest BCUT2D eigenvalue weighted by Gasteiger charge is 2.34. The summed E-state index contributed by atoms with van der Waals surface area (Å²) in [7, 11) is 0. The maximum atomic E-state index is 13.4. The molecule has 7 nitrogen and oxygen atoms in total. The molecule has 38 heavy (non-hydrogen) atoms. The van der Waals surface area contributed by atoms with Crippen LogP contribution >= 0.6 is 0 Å². The van der Waals surface area contributed by atoms with Crippen LogP contribution in [0.5, 0.6) is 0 Å². The first-order valence-corrected chi connectivity index (χ1v) is 11.9. The second-order valence-corrected chi connectivity index (χ2v) is 8.91. The van der Waals surface area contributed by atoms with Crippen LogP contribution in [-0.2, 0) is 0 Å². The van der Waals surface area contributed by atoms with Crippen LogP contribution in [0, 0.1) is 6.57 Å². The Morgan fingerprint density at radius 2 is 1.42 bits per heavy atom. The molecule has 0 N–H and O–H groups in total. The fraction of sp³-hybridized carbons (Fsp3) is 0. The van der Waals surface area contributed by atoms with Gasteiger partial charge in [-0.1, -0.05) is 66.7 Å². The van der Waals surface area contributed by atoms with E-state index in [1.807, 2.05) is 54.6 Å². The monoisotopic (exact) mass is 492 g/mol. The lowest BCUT2D eigenvalue weighted by Gasteiger charge is -2.05. The van der Waals surface area contributed by atoms with E-state index in [-0.39, 0.29) is 22.9 Å². The predicted molar refractivity (Wildman–Crippen MR) is 143 cm³/mol. The number of nitrogens with zero attached hydrogens (tertiary/aromatic N) is 4. The molecule has 0 atom stereocenters. The minimum atomic E-state index is -0.330. The number of carbonyl (C=O) groups excluding carboxylic acids is 2. The molecule has 6 aromatic rings. The number of Topliss-reactive ketones (excluding diaryl/α,β-unsaturated/α-hetero) is 2. The number of hydrogen-bond donors (Lipinski definition) is 0. The van der Waals surface area contributed by atoms with E-state index in [9.17, 15) is 9.59 Å². The molecule has 0 saturated carbocycles. The number of fused-ring (bicyclic) bond motifs is 3. The van der Waals surface area contributed by atoms with Gasteiger partial charge in [0.1, 0.15) is 5.82 Å². The van der Waals surface area contributed by atoms with Gasteiger partial charge in [-0.05, 0) is 41.1 Å². The number of oxazole rings is 1. The zero-order valence-corrected chi connectivity index (χ0v) is 19.8. The third-order valence-electron chi connectivity index (χ3n) is 6.64. The summed E-state index contributed by atoms with van der Waals surface area (Å²) in [6.45, 7) is 7.15. The quantitative estimate of drug-likeness (QED) is 0.153. The van der Waals surface area contributed by atoms with Gasteiger partial charge in [0.25, 0.3) is 5.71 Å². The van der Waals surface area contributed by atoms with Crippen LogP contribution in [0.2, 0.25) is 0 Å². The maximum Gasteiger partial charge on any atom is 0.267 e. The Hall–Kier alpha value is -5.61. The topological polar surface area (TPSA) is 82.4 Å². The lowest BCUT2D eigenvalue weighted by atomic mass is 10.0. The summed E-state index contributed by atoms with van der Waals surface area (Å²) in [5, 5.41) is 1.80. The van der Waals surface area contributed by atoms with Gasteiger partial charge >= 0.3 is 0 Å². The summed E-state index contributed by atoms with van der Waals surface area (Å²) in [5.41, 5.74) is 3.54. The number of hydrogen-bond acceptors (Lipinski definition) is 5. The average molecular weight is 492 g/mol. The second-order valence-electron chi connectivity index (χ2n) is 8.91. The summed E-state index contributed by atoms with van der Waals surface area (Å²) in [5.74, 6) is 0.0588. The number of aromatic nitrogens is 3. The molecule has 2 heterocycles. The van der Waals surface area contributed by atoms with Crippen molar-refractivity contribution >= 4 is 45.5 Å². The van der Waals surface area contributed by atoms with Crippen LogP contribution in [0.15, 0.2) is 101 Å². The Morgan fingerprint density at radius 1 is 0.789 bits per heavy atom. The number of rotatable bonds is 3. The van der Waals surface area contributed by atoms with Crippen LogP contribution in [0.3, 0.4) is 0 Å². The molecule has 1 aliphatic rings. The van der Waals surface area contributed by atoms with Crippen LogP contribution in [-0.4, -0.2) is 26.1 Å². The minimum absolute atomic E-state index is 0.0510. The van der Waals surface area contributed by atoms with Gasteiger partial charge in [0.05, 0.1) is 12.1 Å². The standard InChI is InChI=1S/C31H16N4O3/c1-32-21-13-11-18(12-14-21)30-34-29-31(38-30)33-26(35(29)22-9-3-2-4-10-22)17-25-27(36)23-15-19-7-5-6-8-20(19)16-24(23)28(25)37/h2-17H. The molecular weight excluding hydrogens is 476 g/mol. The zero-order chi connectivity index (χ0) is 25.8. The first-order valence-electron chi connectivity index (χ1n) is 11.9. The molecule has 178 valence electrons. The molecule has 7 rings (SSSR count). The van der Waals surface area contributed by atoms with Gasteiger partial charge in [-0.15, -0.1) is 0 Å². The van der Waals surface area contributed by atoms with Crippen molar-refractivity contribution in [3.63, 3.8) is 0 Å². The largest absolute Gasteiger partial charge is 0.416 e. The van der Waals surface area contributed by atoms with E-state index in [4.69, 9.17) is 11.0 Å². The SMILES string of the molecule is [C-]#[N+]c1ccc(-c2nc3c(nc(C=C4C(=O)c5cc6ccccc6cc5C4=O)n3-c3ccccc3)o2)cc1. The Balaban J connectivity index is 1.38. The van der Waals surface area contributed by atoms with Gasteiger partial charge < -0.3 is 4.42 Å². The highest BCUT2D eigenvalue weighted by atomic mass is 16.4. The van der Waals surface area contributed by atoms with E-state index in [0.29, 0.717) is 39.7 Å². The third kappa shape index (κ3) is 3.29. The van der Waals surface area contributed by atoms with Gasteiger partial charge in [-0.2, -0.15) is 9.97 Å². The molecular formula is C31H16N4O3. The highest BCUT2D eigenvalue weighted by Crippen LogP contribution is 2.33. The smallest absolute Gasteiger partial charge is 0.267 e. The lowest BCUT2D eigenvalue weighted by Crippen LogP contribution is -2.04. The van der Waals surface area contributed by atoms with Gasteiger partial charge in [-0.25, -0.2) is 4.85 Å². The molecule has 0 aliphatic heterocycles. The second kappa shape index (κ2) is 8.22. The Bertz CT molecular complexity index is 1950. The van der Waals surface area contributed by atoms with Gasteiger partial charge in [0.15, 0.2) is 17.3 Å². The van der Waals surface area contributed by atoms with Crippen LogP contribution in [0.25, 0.3) is 50.2 Å². The Kier molecular flexibility index (Phi) is 4.68. The van der Waals surface area contributed by atoms with E-state index >= 15 is 0 Å². The molecule has 0 unspecified atom stereocenters. The zero-order valence-electron chi connectivity index (χ0n) is 19.8. The van der Waals surface area contributed by atoms with E-state index in [0.717, 1.165) is 16.5 Å². The van der Waals surface area contributed by atoms with Crippen molar-refractivity contribution in [2.75, 3.05) is 0 Å². The molecule has 4 aromatic carbocycles. The fourth-order valence-electron chi connectivity index (χ4n) is 4.79. The van der Waals surface area contributed by atoms with Crippen molar-refractivity contribution in [1.82, 2.24) is 14.5 Å². The first kappa shape index (κ1) is 21.7. The van der Waals surface area contributed by atoms with Crippen LogP contribution < -0.4 is 0 Å². The van der Waals surface area contributed by atoms with Gasteiger partial charge in [0.2, 0.25) is 11.5 Å². The molecule has 2 aromatic heterocycles. The summed E-state index contributed by atoms with van der Waals surface area (Å²) < 4.78 is 7.75. The minimum Gasteiger partial charge on any atom is -0.416 e. The number of para-hydroxylation sites is 1. The maximum absolute atomic E-state index is 13.4. The number of benzene rings is 4. The number of imidazole rings is 1. The van der Waals surface area contributed by atoms with E-state index in [1.165, 1.54) is 6.08 Å². The number of ketones is 2. The Labute approximate surface area is 216 Å². The molecule has 0 fully saturated rings. The van der Waals surface area contributed by atoms with Crippen LogP contribution in [0.1, 0.15) is 26.5 Å². The summed E-state index contributed by atoms with van der Waals surface area (Å²) in [6, 6.07) is 27.6. The Morgan fingerprint density at radius 3 is 2.05 bits per heavy atom. The van der Waals surface area contributed by atoms with Crippen LogP contribution in [0.4, 0.5) is 5.69 Å². The molecule has 7 heteroatoms. The third-order valence-corrected chi connectivity index (χ3v) is 6.64.